The van der Waals surface area contributed by atoms with Crippen molar-refractivity contribution in [1.29, 1.82) is 0 Å². The first-order valence-corrected chi connectivity index (χ1v) is 15.2. The molecular weight excluding hydrogens is 476 g/mol. The lowest BCUT2D eigenvalue weighted by atomic mass is 9.61. The molecule has 0 radical (unpaired) electrons. The molecule has 0 amide bonds. The molecule has 3 rings (SSSR count). The summed E-state index contributed by atoms with van der Waals surface area (Å²) in [6.45, 7) is 13.7. The average Bonchev–Trinajstić information content (AvgIpc) is 3.13. The Labute approximate surface area is 231 Å². The Bertz CT molecular complexity index is 860. The van der Waals surface area contributed by atoms with Crippen LogP contribution in [0.25, 0.3) is 0 Å². The topological polar surface area (TPSA) is 101 Å². The predicted octanol–water partition coefficient (Wildman–Crippen LogP) is 5.99. The van der Waals surface area contributed by atoms with Crippen LogP contribution in [0.3, 0.4) is 0 Å². The molecule has 0 aromatic carbocycles. The van der Waals surface area contributed by atoms with Crippen molar-refractivity contribution in [2.24, 2.45) is 23.2 Å². The summed E-state index contributed by atoms with van der Waals surface area (Å²) >= 11 is 0. The number of fused-ring (bicyclic) bond motifs is 1. The third-order valence-corrected chi connectivity index (χ3v) is 10.1. The Morgan fingerprint density at radius 3 is 2.42 bits per heavy atom. The number of allylic oxidation sites excluding steroid dienone is 3. The van der Waals surface area contributed by atoms with E-state index in [0.29, 0.717) is 37.0 Å². The molecule has 7 atom stereocenters. The van der Waals surface area contributed by atoms with Crippen LogP contribution in [0.2, 0.25) is 0 Å². The molecule has 38 heavy (non-hydrogen) atoms. The zero-order chi connectivity index (χ0) is 28.3. The lowest BCUT2D eigenvalue weighted by Gasteiger charge is -2.43. The van der Waals surface area contributed by atoms with Gasteiger partial charge in [-0.2, -0.15) is 0 Å². The fraction of sp³-hybridized carbons (Fsp3) is 0.818. The van der Waals surface area contributed by atoms with Crippen LogP contribution in [-0.2, 0) is 0 Å². The molecule has 5 heteroatoms. The highest BCUT2D eigenvalue weighted by atomic mass is 16.3. The van der Waals surface area contributed by atoms with Gasteiger partial charge < -0.3 is 25.5 Å². The van der Waals surface area contributed by atoms with E-state index in [1.54, 1.807) is 13.8 Å². The van der Waals surface area contributed by atoms with E-state index in [1.165, 1.54) is 31.3 Å². The molecule has 0 aliphatic heterocycles. The number of rotatable bonds is 11. The molecule has 5 N–H and O–H groups in total. The van der Waals surface area contributed by atoms with Gasteiger partial charge in [-0.05, 0) is 126 Å². The number of aliphatic hydroxyl groups excluding tert-OH is 3. The van der Waals surface area contributed by atoms with Gasteiger partial charge >= 0.3 is 0 Å². The Balaban J connectivity index is 1.71. The molecule has 0 heterocycles. The Kier molecular flexibility index (Phi) is 10.5. The lowest BCUT2D eigenvalue weighted by molar-refractivity contribution is -0.0544. The van der Waals surface area contributed by atoms with Crippen molar-refractivity contribution >= 4 is 0 Å². The van der Waals surface area contributed by atoms with E-state index < -0.39 is 29.5 Å². The fourth-order valence-electron chi connectivity index (χ4n) is 7.55. The van der Waals surface area contributed by atoms with Crippen LogP contribution in [-0.4, -0.2) is 55.0 Å². The van der Waals surface area contributed by atoms with Crippen molar-refractivity contribution in [3.63, 3.8) is 0 Å². The van der Waals surface area contributed by atoms with Crippen LogP contribution >= 0.6 is 0 Å². The highest BCUT2D eigenvalue weighted by Gasteiger charge is 2.49. The van der Waals surface area contributed by atoms with E-state index in [1.807, 2.05) is 13.8 Å². The van der Waals surface area contributed by atoms with Gasteiger partial charge in [-0.1, -0.05) is 44.1 Å². The quantitative estimate of drug-likeness (QED) is 0.225. The summed E-state index contributed by atoms with van der Waals surface area (Å²) in [4.78, 5) is 0. The second-order valence-electron chi connectivity index (χ2n) is 14.3. The highest BCUT2D eigenvalue weighted by Crippen LogP contribution is 2.59. The van der Waals surface area contributed by atoms with Crippen molar-refractivity contribution in [3.8, 4) is 0 Å². The summed E-state index contributed by atoms with van der Waals surface area (Å²) in [5, 5.41) is 51.4. The van der Waals surface area contributed by atoms with Crippen LogP contribution in [0.5, 0.6) is 0 Å². The van der Waals surface area contributed by atoms with Gasteiger partial charge in [0.05, 0.1) is 29.5 Å². The summed E-state index contributed by atoms with van der Waals surface area (Å²) < 4.78 is 0. The van der Waals surface area contributed by atoms with E-state index in [2.05, 4.69) is 25.7 Å². The molecule has 0 aromatic rings. The molecule has 5 nitrogen and oxygen atoms in total. The smallest absolute Gasteiger partial charge is 0.0849 e. The first kappa shape index (κ1) is 31.5. The summed E-state index contributed by atoms with van der Waals surface area (Å²) in [6, 6.07) is 0. The van der Waals surface area contributed by atoms with Crippen LogP contribution in [0.15, 0.2) is 35.5 Å². The van der Waals surface area contributed by atoms with E-state index in [0.717, 1.165) is 49.7 Å². The minimum atomic E-state index is -1.09. The van der Waals surface area contributed by atoms with Gasteiger partial charge in [0.1, 0.15) is 0 Å². The third-order valence-electron chi connectivity index (χ3n) is 10.1. The normalized spacial score (nSPS) is 34.5. The van der Waals surface area contributed by atoms with Crippen LogP contribution < -0.4 is 0 Å². The van der Waals surface area contributed by atoms with Gasteiger partial charge in [-0.15, -0.1) is 0 Å². The summed E-state index contributed by atoms with van der Waals surface area (Å²) in [7, 11) is 0. The molecule has 3 aliphatic rings. The minimum absolute atomic E-state index is 0.258. The standard InChI is InChI=1S/C33H56O5/c1-22-25(20-27(34)21-29(22)35)13-12-24-10-8-18-33(6)26(14-15-28(24)33)19-23(9-7-17-31(2,3)37)11-16-30(36)32(4,5)38/h12-13,23,26-30,34-38H,1,7-11,14-21H2,2-6H3/b24-12+,25-13-/t23-,26?,27+,28-,29-,30+,33+/m0/s1. The van der Waals surface area contributed by atoms with Crippen molar-refractivity contribution in [2.45, 2.75) is 148 Å². The molecule has 0 saturated heterocycles. The third kappa shape index (κ3) is 8.27. The van der Waals surface area contributed by atoms with Crippen molar-refractivity contribution < 1.29 is 25.5 Å². The fourth-order valence-corrected chi connectivity index (χ4v) is 7.55. The number of hydrogen-bond donors (Lipinski definition) is 5. The Morgan fingerprint density at radius 1 is 1.05 bits per heavy atom. The largest absolute Gasteiger partial charge is 0.393 e. The molecule has 218 valence electrons. The summed E-state index contributed by atoms with van der Waals surface area (Å²) in [6.07, 6.45) is 14.8. The second-order valence-corrected chi connectivity index (χ2v) is 14.3. The molecule has 1 unspecified atom stereocenters. The van der Waals surface area contributed by atoms with E-state index in [-0.39, 0.29) is 5.41 Å². The van der Waals surface area contributed by atoms with Crippen LogP contribution in [0.4, 0.5) is 0 Å². The highest BCUT2D eigenvalue weighted by molar-refractivity contribution is 5.38. The maximum absolute atomic E-state index is 10.5. The van der Waals surface area contributed by atoms with Gasteiger partial charge in [0.2, 0.25) is 0 Å². The summed E-state index contributed by atoms with van der Waals surface area (Å²) in [5.41, 5.74) is 1.74. The first-order chi connectivity index (χ1) is 17.6. The predicted molar refractivity (Wildman–Crippen MR) is 155 cm³/mol. The van der Waals surface area contributed by atoms with E-state index >= 15 is 0 Å². The van der Waals surface area contributed by atoms with Crippen LogP contribution in [0, 0.1) is 23.2 Å². The van der Waals surface area contributed by atoms with Crippen molar-refractivity contribution in [1.82, 2.24) is 0 Å². The van der Waals surface area contributed by atoms with E-state index in [4.69, 9.17) is 0 Å². The Hall–Kier alpha value is -0.980. The van der Waals surface area contributed by atoms with Crippen molar-refractivity contribution in [2.75, 3.05) is 0 Å². The summed E-state index contributed by atoms with van der Waals surface area (Å²) in [5.74, 6) is 1.66. The van der Waals surface area contributed by atoms with Gasteiger partial charge in [0.15, 0.2) is 0 Å². The molecule has 0 aromatic heterocycles. The van der Waals surface area contributed by atoms with Crippen LogP contribution in [0.1, 0.15) is 118 Å². The molecule has 3 aliphatic carbocycles. The van der Waals surface area contributed by atoms with Crippen molar-refractivity contribution in [3.05, 3.63) is 35.5 Å². The van der Waals surface area contributed by atoms with Gasteiger partial charge in [-0.3, -0.25) is 0 Å². The molecule has 0 bridgehead atoms. The van der Waals surface area contributed by atoms with E-state index in [9.17, 15) is 25.5 Å². The Morgan fingerprint density at radius 2 is 1.76 bits per heavy atom. The zero-order valence-electron chi connectivity index (χ0n) is 24.8. The maximum atomic E-state index is 10.5. The molecule has 3 fully saturated rings. The lowest BCUT2D eigenvalue weighted by Crippen LogP contribution is -2.36. The SMILES string of the molecule is C=C1/C(=C\C=C2/CCC[C@]3(C)C(C[C@@H](CCCC(C)(C)O)CC[C@@H](O)C(C)(C)O)CC[C@@H]23)C[C@@H](O)C[C@@H]1O. The van der Waals surface area contributed by atoms with Gasteiger partial charge in [-0.25, -0.2) is 0 Å². The zero-order valence-corrected chi connectivity index (χ0v) is 24.8. The molecular formula is C33H56O5. The average molecular weight is 533 g/mol. The number of hydrogen-bond acceptors (Lipinski definition) is 5. The second kappa shape index (κ2) is 12.7. The van der Waals surface area contributed by atoms with Gasteiger partial charge in [0.25, 0.3) is 0 Å². The first-order valence-electron chi connectivity index (χ1n) is 15.2. The number of aliphatic hydroxyl groups is 5. The molecule has 3 saturated carbocycles. The molecule has 0 spiro atoms. The monoisotopic (exact) mass is 532 g/mol. The van der Waals surface area contributed by atoms with Gasteiger partial charge in [0, 0.05) is 6.42 Å². The minimum Gasteiger partial charge on any atom is -0.393 e. The maximum Gasteiger partial charge on any atom is 0.0849 e.